The summed E-state index contributed by atoms with van der Waals surface area (Å²) in [6, 6.07) is 9.36. The monoisotopic (exact) mass is 393 g/mol. The Morgan fingerprint density at radius 2 is 1.78 bits per heavy atom. The molecule has 0 spiro atoms. The fraction of sp³-hybridized carbons (Fsp3) is 0.316. The Labute approximate surface area is 159 Å². The van der Waals surface area contributed by atoms with Crippen LogP contribution in [0.5, 0.6) is 11.5 Å². The Balaban J connectivity index is 2.35. The molecule has 0 unspecified atom stereocenters. The van der Waals surface area contributed by atoms with Crippen LogP contribution in [0.15, 0.2) is 41.3 Å². The van der Waals surface area contributed by atoms with E-state index in [1.165, 1.54) is 20.3 Å². The van der Waals surface area contributed by atoms with Gasteiger partial charge < -0.3 is 14.6 Å². The van der Waals surface area contributed by atoms with Crippen molar-refractivity contribution in [2.45, 2.75) is 31.1 Å². The van der Waals surface area contributed by atoms with Crippen LogP contribution in [-0.2, 0) is 16.4 Å². The zero-order valence-corrected chi connectivity index (χ0v) is 16.3. The predicted molar refractivity (Wildman–Crippen MR) is 102 cm³/mol. The Bertz CT molecular complexity index is 907. The van der Waals surface area contributed by atoms with E-state index < -0.39 is 16.0 Å². The van der Waals surface area contributed by atoms with E-state index >= 15 is 0 Å². The van der Waals surface area contributed by atoms with E-state index in [4.69, 9.17) is 9.47 Å². The average molecular weight is 393 g/mol. The molecule has 0 aliphatic rings. The van der Waals surface area contributed by atoms with Crippen LogP contribution in [0, 0.1) is 0 Å². The van der Waals surface area contributed by atoms with Crippen molar-refractivity contribution < 1.29 is 27.8 Å². The first kappa shape index (κ1) is 20.6. The first-order valence-corrected chi connectivity index (χ1v) is 9.91. The van der Waals surface area contributed by atoms with Gasteiger partial charge in [-0.3, -0.25) is 4.72 Å². The van der Waals surface area contributed by atoms with Gasteiger partial charge >= 0.3 is 5.97 Å². The Hall–Kier alpha value is -2.74. The molecule has 0 saturated carbocycles. The maximum atomic E-state index is 12.7. The molecular weight excluding hydrogens is 370 g/mol. The highest BCUT2D eigenvalue weighted by atomic mass is 32.2. The van der Waals surface area contributed by atoms with Crippen LogP contribution in [0.1, 0.15) is 35.7 Å². The van der Waals surface area contributed by atoms with Gasteiger partial charge in [0.05, 0.1) is 19.1 Å². The van der Waals surface area contributed by atoms with Crippen molar-refractivity contribution in [1.82, 2.24) is 0 Å². The fourth-order valence-electron chi connectivity index (χ4n) is 2.59. The van der Waals surface area contributed by atoms with Gasteiger partial charge in [-0.15, -0.1) is 0 Å². The molecule has 2 aromatic rings. The van der Waals surface area contributed by atoms with Crippen molar-refractivity contribution in [2.75, 3.05) is 18.9 Å². The van der Waals surface area contributed by atoms with E-state index in [9.17, 15) is 18.3 Å². The van der Waals surface area contributed by atoms with Gasteiger partial charge in [-0.2, -0.15) is 0 Å². The number of rotatable bonds is 9. The molecule has 0 aliphatic carbocycles. The number of ether oxygens (including phenoxy) is 2. The van der Waals surface area contributed by atoms with E-state index in [0.29, 0.717) is 5.69 Å². The smallest absolute Gasteiger partial charge is 0.339 e. The van der Waals surface area contributed by atoms with Gasteiger partial charge in [0, 0.05) is 11.8 Å². The van der Waals surface area contributed by atoms with Crippen molar-refractivity contribution in [1.29, 1.82) is 0 Å². The molecule has 0 bridgehead atoms. The third-order valence-corrected chi connectivity index (χ3v) is 5.38. The van der Waals surface area contributed by atoms with E-state index in [1.807, 2.05) is 12.1 Å². The summed E-state index contributed by atoms with van der Waals surface area (Å²) in [7, 11) is -1.41. The van der Waals surface area contributed by atoms with Gasteiger partial charge in [0.15, 0.2) is 11.5 Å². The average Bonchev–Trinajstić information content (AvgIpc) is 2.65. The second-order valence-electron chi connectivity index (χ2n) is 5.92. The normalized spacial score (nSPS) is 11.1. The molecule has 0 amide bonds. The molecule has 0 heterocycles. The molecule has 0 atom stereocenters. The predicted octanol–water partition coefficient (Wildman–Crippen LogP) is 3.55. The standard InChI is InChI=1S/C19H23NO6S/c1-4-5-6-13-7-9-14(10-8-13)20-27(23,24)15-11-16(19(21)22)18(26-3)17(12-15)25-2/h7-12,20H,4-6H2,1-3H3,(H,21,22). The van der Waals surface area contributed by atoms with Gasteiger partial charge in [0.2, 0.25) is 0 Å². The lowest BCUT2D eigenvalue weighted by Gasteiger charge is -2.14. The number of nitrogens with one attached hydrogen (secondary N) is 1. The summed E-state index contributed by atoms with van der Waals surface area (Å²) in [5.41, 5.74) is 1.22. The Kier molecular flexibility index (Phi) is 6.68. The van der Waals surface area contributed by atoms with Gasteiger partial charge in [-0.05, 0) is 36.6 Å². The number of carboxylic acids is 1. The summed E-state index contributed by atoms with van der Waals surface area (Å²) in [5.74, 6) is -1.33. The number of unbranched alkanes of at least 4 members (excludes halogenated alkanes) is 1. The van der Waals surface area contributed by atoms with Crippen molar-refractivity contribution in [3.05, 3.63) is 47.5 Å². The summed E-state index contributed by atoms with van der Waals surface area (Å²) in [6.07, 6.45) is 3.08. The lowest BCUT2D eigenvalue weighted by Crippen LogP contribution is -2.15. The quantitative estimate of drug-likeness (QED) is 0.676. The first-order valence-electron chi connectivity index (χ1n) is 8.43. The van der Waals surface area contributed by atoms with Crippen molar-refractivity contribution >= 4 is 21.7 Å². The second kappa shape index (κ2) is 8.77. The summed E-state index contributed by atoms with van der Waals surface area (Å²) in [6.45, 7) is 2.11. The maximum Gasteiger partial charge on any atom is 0.339 e. The van der Waals surface area contributed by atoms with Crippen LogP contribution in [0.3, 0.4) is 0 Å². The maximum absolute atomic E-state index is 12.7. The van der Waals surface area contributed by atoms with Crippen LogP contribution in [0.4, 0.5) is 5.69 Å². The molecule has 0 fully saturated rings. The van der Waals surface area contributed by atoms with Gasteiger partial charge in [0.1, 0.15) is 5.56 Å². The third-order valence-electron chi connectivity index (χ3n) is 4.02. The van der Waals surface area contributed by atoms with Gasteiger partial charge in [-0.1, -0.05) is 25.5 Å². The van der Waals surface area contributed by atoms with E-state index in [-0.39, 0.29) is 22.0 Å². The Morgan fingerprint density at radius 1 is 1.11 bits per heavy atom. The largest absolute Gasteiger partial charge is 0.493 e. The molecule has 2 N–H and O–H groups in total. The number of carboxylic acid groups (broad SMARTS) is 1. The zero-order chi connectivity index (χ0) is 20.0. The summed E-state index contributed by atoms with van der Waals surface area (Å²) in [5, 5.41) is 9.35. The van der Waals surface area contributed by atoms with E-state index in [2.05, 4.69) is 11.6 Å². The number of anilines is 1. The number of carbonyl (C=O) groups is 1. The zero-order valence-electron chi connectivity index (χ0n) is 15.5. The van der Waals surface area contributed by atoms with Crippen LogP contribution >= 0.6 is 0 Å². The minimum absolute atomic E-state index is 0.0210. The number of aromatic carboxylic acids is 1. The molecule has 146 valence electrons. The van der Waals surface area contributed by atoms with Crippen LogP contribution in [0.25, 0.3) is 0 Å². The lowest BCUT2D eigenvalue weighted by molar-refractivity contribution is 0.0692. The summed E-state index contributed by atoms with van der Waals surface area (Å²) >= 11 is 0. The van der Waals surface area contributed by atoms with E-state index in [1.54, 1.807) is 12.1 Å². The fourth-order valence-corrected chi connectivity index (χ4v) is 3.69. The van der Waals surface area contributed by atoms with Crippen LogP contribution in [-0.4, -0.2) is 33.7 Å². The highest BCUT2D eigenvalue weighted by Gasteiger charge is 2.24. The summed E-state index contributed by atoms with van der Waals surface area (Å²) in [4.78, 5) is 11.2. The number of hydrogen-bond acceptors (Lipinski definition) is 5. The van der Waals surface area contributed by atoms with Crippen molar-refractivity contribution in [3.63, 3.8) is 0 Å². The molecule has 7 nitrogen and oxygen atoms in total. The minimum Gasteiger partial charge on any atom is -0.493 e. The topological polar surface area (TPSA) is 102 Å². The number of hydrogen-bond donors (Lipinski definition) is 2. The molecule has 0 radical (unpaired) electrons. The third kappa shape index (κ3) is 4.91. The second-order valence-corrected chi connectivity index (χ2v) is 7.60. The number of sulfonamides is 1. The van der Waals surface area contributed by atoms with Crippen molar-refractivity contribution in [2.24, 2.45) is 0 Å². The van der Waals surface area contributed by atoms with Gasteiger partial charge in [0.25, 0.3) is 10.0 Å². The molecule has 2 rings (SSSR count). The number of methoxy groups -OCH3 is 2. The number of benzene rings is 2. The number of aryl methyl sites for hydroxylation is 1. The molecule has 2 aromatic carbocycles. The molecule has 8 heteroatoms. The molecule has 27 heavy (non-hydrogen) atoms. The molecule has 0 aliphatic heterocycles. The SMILES string of the molecule is CCCCc1ccc(NS(=O)(=O)c2cc(OC)c(OC)c(C(=O)O)c2)cc1. The summed E-state index contributed by atoms with van der Waals surface area (Å²) < 4.78 is 38.0. The highest BCUT2D eigenvalue weighted by molar-refractivity contribution is 7.92. The van der Waals surface area contributed by atoms with Gasteiger partial charge in [-0.25, -0.2) is 13.2 Å². The lowest BCUT2D eigenvalue weighted by atomic mass is 10.1. The van der Waals surface area contributed by atoms with E-state index in [0.717, 1.165) is 30.9 Å². The Morgan fingerprint density at radius 3 is 2.30 bits per heavy atom. The first-order chi connectivity index (χ1) is 12.8. The highest BCUT2D eigenvalue weighted by Crippen LogP contribution is 2.34. The van der Waals surface area contributed by atoms with Crippen molar-refractivity contribution in [3.8, 4) is 11.5 Å². The van der Waals surface area contributed by atoms with Crippen LogP contribution in [0.2, 0.25) is 0 Å². The minimum atomic E-state index is -4.01. The molecule has 0 saturated heterocycles. The van der Waals surface area contributed by atoms with Crippen LogP contribution < -0.4 is 14.2 Å². The molecular formula is C19H23NO6S. The molecule has 0 aromatic heterocycles.